The fourth-order valence-corrected chi connectivity index (χ4v) is 2.59. The van der Waals surface area contributed by atoms with E-state index < -0.39 is 12.2 Å². The molecule has 1 N–H and O–H groups in total. The van der Waals surface area contributed by atoms with E-state index >= 15 is 0 Å². The molecule has 2 aromatic rings. The van der Waals surface area contributed by atoms with Gasteiger partial charge >= 0.3 is 0 Å². The van der Waals surface area contributed by atoms with E-state index in [1.807, 2.05) is 42.5 Å². The van der Waals surface area contributed by atoms with E-state index in [-0.39, 0.29) is 0 Å². The lowest BCUT2D eigenvalue weighted by Gasteiger charge is -2.24. The number of hydrogen-bond donors (Lipinski definition) is 1. The number of benzene rings is 2. The van der Waals surface area contributed by atoms with Crippen LogP contribution in [-0.4, -0.2) is 20.1 Å². The summed E-state index contributed by atoms with van der Waals surface area (Å²) < 4.78 is 6.35. The normalized spacial score (nSPS) is 14.1. The molecular weight excluding hydrogens is 303 g/mol. The molecule has 0 saturated heterocycles. The lowest BCUT2D eigenvalue weighted by molar-refractivity contribution is -0.0148. The van der Waals surface area contributed by atoms with Crippen molar-refractivity contribution in [1.82, 2.24) is 0 Å². The summed E-state index contributed by atoms with van der Waals surface area (Å²) in [7, 11) is 7.48. The van der Waals surface area contributed by atoms with Crippen LogP contribution in [0.3, 0.4) is 0 Å². The first-order valence-electron chi connectivity index (χ1n) is 5.95. The van der Waals surface area contributed by atoms with Crippen LogP contribution in [0.2, 0.25) is 0 Å². The van der Waals surface area contributed by atoms with Crippen LogP contribution in [0.1, 0.15) is 23.3 Å². The van der Waals surface area contributed by atoms with E-state index in [9.17, 15) is 5.11 Å². The fourth-order valence-electron chi connectivity index (χ4n) is 2.08. The van der Waals surface area contributed by atoms with Crippen molar-refractivity contribution in [3.05, 3.63) is 64.1 Å². The van der Waals surface area contributed by atoms with Crippen molar-refractivity contribution in [3.8, 4) is 0 Å². The second kappa shape index (κ2) is 6.37. The molecule has 2 rings (SSSR count). The first-order chi connectivity index (χ1) is 9.15. The molecule has 0 heterocycles. The summed E-state index contributed by atoms with van der Waals surface area (Å²) >= 11 is 3.47. The first-order valence-corrected chi connectivity index (χ1v) is 6.74. The Morgan fingerprint density at radius 1 is 1.05 bits per heavy atom. The molecule has 0 aliphatic rings. The van der Waals surface area contributed by atoms with E-state index in [0.717, 1.165) is 10.0 Å². The molecule has 19 heavy (non-hydrogen) atoms. The summed E-state index contributed by atoms with van der Waals surface area (Å²) in [5.74, 6) is 0. The largest absolute Gasteiger partial charge is 0.385 e. The molecule has 2 radical (unpaired) electrons. The number of rotatable bonds is 4. The second-order valence-corrected chi connectivity index (χ2v) is 5.11. The quantitative estimate of drug-likeness (QED) is 0.879. The minimum Gasteiger partial charge on any atom is -0.385 e. The molecule has 0 bridgehead atoms. The number of hydrogen-bond acceptors (Lipinski definition) is 2. The zero-order chi connectivity index (χ0) is 13.8. The summed E-state index contributed by atoms with van der Waals surface area (Å²) in [6, 6.07) is 14.9. The molecule has 96 valence electrons. The molecular formula is C15H14BBrO2. The number of aliphatic hydroxyl groups is 1. The van der Waals surface area contributed by atoms with Crippen molar-refractivity contribution in [3.63, 3.8) is 0 Å². The lowest BCUT2D eigenvalue weighted by Crippen LogP contribution is -2.20. The van der Waals surface area contributed by atoms with Crippen LogP contribution in [0.15, 0.2) is 53.0 Å². The van der Waals surface area contributed by atoms with Gasteiger partial charge in [0.25, 0.3) is 0 Å². The molecule has 0 aliphatic carbocycles. The Bertz CT molecular complexity index is 559. The first kappa shape index (κ1) is 14.3. The van der Waals surface area contributed by atoms with Gasteiger partial charge in [-0.2, -0.15) is 0 Å². The van der Waals surface area contributed by atoms with Gasteiger partial charge in [-0.3, -0.25) is 0 Å². The van der Waals surface area contributed by atoms with E-state index in [4.69, 9.17) is 12.6 Å². The highest BCUT2D eigenvalue weighted by Gasteiger charge is 2.24. The molecule has 0 amide bonds. The van der Waals surface area contributed by atoms with Crippen LogP contribution in [0.4, 0.5) is 0 Å². The van der Waals surface area contributed by atoms with E-state index in [1.54, 1.807) is 13.2 Å². The maximum absolute atomic E-state index is 10.5. The molecule has 0 spiro atoms. The van der Waals surface area contributed by atoms with E-state index in [1.165, 1.54) is 0 Å². The van der Waals surface area contributed by atoms with Gasteiger partial charge in [0, 0.05) is 11.6 Å². The summed E-state index contributed by atoms with van der Waals surface area (Å²) in [4.78, 5) is 0. The topological polar surface area (TPSA) is 29.5 Å². The van der Waals surface area contributed by atoms with Gasteiger partial charge in [0.05, 0.1) is 0 Å². The Balaban J connectivity index is 2.38. The Morgan fingerprint density at radius 3 is 2.21 bits per heavy atom. The Labute approximate surface area is 123 Å². The molecule has 2 atom stereocenters. The van der Waals surface area contributed by atoms with Crippen LogP contribution in [0.5, 0.6) is 0 Å². The van der Waals surface area contributed by atoms with Gasteiger partial charge in [0.1, 0.15) is 20.1 Å². The molecule has 0 unspecified atom stereocenters. The highest BCUT2D eigenvalue weighted by Crippen LogP contribution is 2.34. The minimum atomic E-state index is -0.815. The van der Waals surface area contributed by atoms with Gasteiger partial charge in [-0.05, 0) is 17.2 Å². The monoisotopic (exact) mass is 316 g/mol. The summed E-state index contributed by atoms with van der Waals surface area (Å²) in [5, 5.41) is 10.5. The van der Waals surface area contributed by atoms with Crippen LogP contribution >= 0.6 is 15.9 Å². The molecule has 0 aliphatic heterocycles. The van der Waals surface area contributed by atoms with Crippen molar-refractivity contribution >= 4 is 29.2 Å². The molecule has 2 aromatic carbocycles. The van der Waals surface area contributed by atoms with Crippen molar-refractivity contribution in [2.24, 2.45) is 0 Å². The van der Waals surface area contributed by atoms with Crippen molar-refractivity contribution in [1.29, 1.82) is 0 Å². The van der Waals surface area contributed by atoms with Crippen molar-refractivity contribution < 1.29 is 9.84 Å². The van der Waals surface area contributed by atoms with Crippen molar-refractivity contribution in [2.75, 3.05) is 7.11 Å². The smallest absolute Gasteiger partial charge is 0.114 e. The third kappa shape index (κ3) is 3.08. The Morgan fingerprint density at radius 2 is 1.63 bits per heavy atom. The highest BCUT2D eigenvalue weighted by molar-refractivity contribution is 9.10. The standard InChI is InChI=1S/C15H14BBrO2/c1-19-15(11-7-3-5-9-13(11)17)14(18)10-6-2-4-8-12(10)16/h2-9,14-15,18H,1H3/t14-,15-/m1/s1. The van der Waals surface area contributed by atoms with E-state index in [2.05, 4.69) is 15.9 Å². The van der Waals surface area contributed by atoms with Crippen LogP contribution in [0, 0.1) is 0 Å². The van der Waals surface area contributed by atoms with Gasteiger partial charge in [0.15, 0.2) is 0 Å². The van der Waals surface area contributed by atoms with Gasteiger partial charge in [0.2, 0.25) is 0 Å². The SMILES string of the molecule is [B]c1ccccc1[C@@H](O)[C@H](OC)c1ccccc1Br. The predicted octanol–water partition coefficient (Wildman–Crippen LogP) is 2.66. The van der Waals surface area contributed by atoms with Crippen LogP contribution in [0.25, 0.3) is 0 Å². The average Bonchev–Trinajstić information content (AvgIpc) is 2.42. The maximum Gasteiger partial charge on any atom is 0.114 e. The number of halogens is 1. The molecule has 0 fully saturated rings. The van der Waals surface area contributed by atoms with E-state index in [0.29, 0.717) is 11.0 Å². The average molecular weight is 317 g/mol. The third-order valence-corrected chi connectivity index (χ3v) is 3.79. The van der Waals surface area contributed by atoms with Crippen LogP contribution in [-0.2, 0) is 4.74 Å². The zero-order valence-electron chi connectivity index (χ0n) is 10.6. The molecule has 2 nitrogen and oxygen atoms in total. The second-order valence-electron chi connectivity index (χ2n) is 4.25. The van der Waals surface area contributed by atoms with Gasteiger partial charge in [-0.25, -0.2) is 0 Å². The molecule has 0 aromatic heterocycles. The van der Waals surface area contributed by atoms with Gasteiger partial charge < -0.3 is 9.84 Å². The fraction of sp³-hybridized carbons (Fsp3) is 0.200. The highest BCUT2D eigenvalue weighted by atomic mass is 79.9. The Kier molecular flexibility index (Phi) is 4.80. The summed E-state index contributed by atoms with van der Waals surface area (Å²) in [5.41, 5.74) is 2.12. The summed E-state index contributed by atoms with van der Waals surface area (Å²) in [6.45, 7) is 0. The minimum absolute atomic E-state index is 0.472. The zero-order valence-corrected chi connectivity index (χ0v) is 12.2. The number of ether oxygens (including phenoxy) is 1. The third-order valence-electron chi connectivity index (χ3n) is 3.07. The van der Waals surface area contributed by atoms with Crippen LogP contribution < -0.4 is 5.46 Å². The van der Waals surface area contributed by atoms with Gasteiger partial charge in [-0.1, -0.05) is 63.9 Å². The number of methoxy groups -OCH3 is 1. The molecule has 0 saturated carbocycles. The Hall–Kier alpha value is -1.10. The molecule has 4 heteroatoms. The summed E-state index contributed by atoms with van der Waals surface area (Å²) in [6.07, 6.45) is -1.29. The maximum atomic E-state index is 10.5. The van der Waals surface area contributed by atoms with Crippen molar-refractivity contribution in [2.45, 2.75) is 12.2 Å². The van der Waals surface area contributed by atoms with Gasteiger partial charge in [-0.15, -0.1) is 0 Å². The number of aliphatic hydroxyl groups excluding tert-OH is 1. The predicted molar refractivity (Wildman–Crippen MR) is 80.7 cm³/mol. The lowest BCUT2D eigenvalue weighted by atomic mass is 9.85.